The van der Waals surface area contributed by atoms with Crippen molar-refractivity contribution in [3.63, 3.8) is 0 Å². The molecule has 2 aliphatic heterocycles. The number of rotatable bonds is 4. The molecule has 2 rings (SSSR count). The van der Waals surface area contributed by atoms with Gasteiger partial charge in [0.1, 0.15) is 0 Å². The van der Waals surface area contributed by atoms with Crippen molar-refractivity contribution in [3.8, 4) is 0 Å². The lowest BCUT2D eigenvalue weighted by atomic mass is 10.0. The first-order valence-electron chi connectivity index (χ1n) is 6.57. The van der Waals surface area contributed by atoms with Gasteiger partial charge in [-0.05, 0) is 57.8 Å². The highest BCUT2D eigenvalue weighted by Crippen LogP contribution is 2.13. The lowest BCUT2D eigenvalue weighted by Crippen LogP contribution is -2.45. The maximum Gasteiger partial charge on any atom is 0.212 e. The summed E-state index contributed by atoms with van der Waals surface area (Å²) in [7, 11) is -3.10. The van der Waals surface area contributed by atoms with Crippen molar-refractivity contribution >= 4 is 10.0 Å². The summed E-state index contributed by atoms with van der Waals surface area (Å²) in [5.74, 6) is 0.562. The zero-order chi connectivity index (χ0) is 12.1. The largest absolute Gasteiger partial charge is 0.317 e. The molecule has 0 saturated carbocycles. The summed E-state index contributed by atoms with van der Waals surface area (Å²) in [5, 5.41) is 6.50. The summed E-state index contributed by atoms with van der Waals surface area (Å²) in [6, 6.07) is 0.137. The van der Waals surface area contributed by atoms with Gasteiger partial charge in [0.15, 0.2) is 0 Å². The van der Waals surface area contributed by atoms with E-state index < -0.39 is 10.0 Å². The predicted molar refractivity (Wildman–Crippen MR) is 68.4 cm³/mol. The smallest absolute Gasteiger partial charge is 0.212 e. The van der Waals surface area contributed by atoms with Crippen LogP contribution in [0.5, 0.6) is 0 Å². The lowest BCUT2D eigenvalue weighted by Gasteiger charge is -2.26. The van der Waals surface area contributed by atoms with E-state index in [1.54, 1.807) is 0 Å². The van der Waals surface area contributed by atoms with E-state index in [9.17, 15) is 8.42 Å². The predicted octanol–water partition coefficient (Wildman–Crippen LogP) is -0.343. The second-order valence-corrected chi connectivity index (χ2v) is 6.93. The minimum Gasteiger partial charge on any atom is -0.317 e. The van der Waals surface area contributed by atoms with E-state index in [-0.39, 0.29) is 17.7 Å². The molecule has 0 aromatic heterocycles. The van der Waals surface area contributed by atoms with Crippen molar-refractivity contribution < 1.29 is 8.42 Å². The molecule has 0 spiro atoms. The molecule has 0 amide bonds. The average molecular weight is 261 g/mol. The Hall–Kier alpha value is -0.170. The van der Waals surface area contributed by atoms with Crippen LogP contribution in [0.3, 0.4) is 0 Å². The highest BCUT2D eigenvalue weighted by Gasteiger charge is 2.24. The van der Waals surface area contributed by atoms with Crippen molar-refractivity contribution in [1.29, 1.82) is 0 Å². The SMILES string of the molecule is O=S(=O)(CC1CCCNC1)NC1CCNCC1. The third-order valence-corrected chi connectivity index (χ3v) is 5.14. The zero-order valence-corrected chi connectivity index (χ0v) is 11.1. The molecular weight excluding hydrogens is 238 g/mol. The lowest BCUT2D eigenvalue weighted by molar-refractivity contribution is 0.395. The summed E-state index contributed by atoms with van der Waals surface area (Å²) >= 11 is 0. The number of nitrogens with one attached hydrogen (secondary N) is 3. The molecule has 2 saturated heterocycles. The Bertz CT molecular complexity index is 294. The third kappa shape index (κ3) is 4.54. The van der Waals surface area contributed by atoms with Crippen molar-refractivity contribution in [1.82, 2.24) is 15.4 Å². The second-order valence-electron chi connectivity index (χ2n) is 5.14. The zero-order valence-electron chi connectivity index (χ0n) is 10.2. The van der Waals surface area contributed by atoms with Crippen LogP contribution in [-0.2, 0) is 10.0 Å². The fourth-order valence-electron chi connectivity index (χ4n) is 2.62. The van der Waals surface area contributed by atoms with Gasteiger partial charge in [0.2, 0.25) is 10.0 Å². The topological polar surface area (TPSA) is 70.2 Å². The van der Waals surface area contributed by atoms with Crippen LogP contribution < -0.4 is 15.4 Å². The first-order chi connectivity index (χ1) is 8.16. The van der Waals surface area contributed by atoms with Gasteiger partial charge in [-0.1, -0.05) is 0 Å². The third-order valence-electron chi connectivity index (χ3n) is 3.54. The Morgan fingerprint density at radius 2 is 1.82 bits per heavy atom. The molecule has 2 heterocycles. The fourth-order valence-corrected chi connectivity index (χ4v) is 4.36. The van der Waals surface area contributed by atoms with Crippen molar-refractivity contribution in [2.75, 3.05) is 31.9 Å². The van der Waals surface area contributed by atoms with Gasteiger partial charge in [-0.25, -0.2) is 13.1 Å². The fraction of sp³-hybridized carbons (Fsp3) is 1.00. The number of sulfonamides is 1. The first-order valence-corrected chi connectivity index (χ1v) is 8.22. The van der Waals surface area contributed by atoms with E-state index in [4.69, 9.17) is 0 Å². The number of piperidine rings is 2. The molecule has 17 heavy (non-hydrogen) atoms. The van der Waals surface area contributed by atoms with Crippen LogP contribution in [0.2, 0.25) is 0 Å². The molecule has 0 aromatic rings. The van der Waals surface area contributed by atoms with Crippen molar-refractivity contribution in [2.45, 2.75) is 31.7 Å². The molecule has 100 valence electrons. The van der Waals surface area contributed by atoms with Gasteiger partial charge in [0.25, 0.3) is 0 Å². The molecule has 6 heteroatoms. The Balaban J connectivity index is 1.80. The maximum absolute atomic E-state index is 12.0. The van der Waals surface area contributed by atoms with Crippen LogP contribution in [0.4, 0.5) is 0 Å². The molecule has 0 aromatic carbocycles. The van der Waals surface area contributed by atoms with Gasteiger partial charge in [-0.2, -0.15) is 0 Å². The van der Waals surface area contributed by atoms with Crippen molar-refractivity contribution in [2.24, 2.45) is 5.92 Å². The monoisotopic (exact) mass is 261 g/mol. The molecule has 1 unspecified atom stereocenters. The molecule has 0 aliphatic carbocycles. The Morgan fingerprint density at radius 3 is 2.47 bits per heavy atom. The molecule has 0 radical (unpaired) electrons. The quantitative estimate of drug-likeness (QED) is 0.647. The second kappa shape index (κ2) is 6.13. The van der Waals surface area contributed by atoms with Gasteiger partial charge in [-0.3, -0.25) is 0 Å². The molecule has 3 N–H and O–H groups in total. The number of hydrogen-bond acceptors (Lipinski definition) is 4. The van der Waals surface area contributed by atoms with Gasteiger partial charge < -0.3 is 10.6 Å². The van der Waals surface area contributed by atoms with Crippen LogP contribution in [0.25, 0.3) is 0 Å². The molecular formula is C11H23N3O2S. The van der Waals surface area contributed by atoms with E-state index in [0.717, 1.165) is 51.9 Å². The van der Waals surface area contributed by atoms with E-state index in [1.807, 2.05) is 0 Å². The summed E-state index contributed by atoms with van der Waals surface area (Å²) < 4.78 is 26.9. The van der Waals surface area contributed by atoms with Crippen LogP contribution >= 0.6 is 0 Å². The maximum atomic E-state index is 12.0. The Morgan fingerprint density at radius 1 is 1.06 bits per heavy atom. The van der Waals surface area contributed by atoms with Gasteiger partial charge in [0.05, 0.1) is 5.75 Å². The van der Waals surface area contributed by atoms with E-state index >= 15 is 0 Å². The molecule has 5 nitrogen and oxygen atoms in total. The average Bonchev–Trinajstić information content (AvgIpc) is 2.30. The van der Waals surface area contributed by atoms with Gasteiger partial charge >= 0.3 is 0 Å². The summed E-state index contributed by atoms with van der Waals surface area (Å²) in [6.07, 6.45) is 3.93. The van der Waals surface area contributed by atoms with Crippen LogP contribution in [0.1, 0.15) is 25.7 Å². The molecule has 2 fully saturated rings. The van der Waals surface area contributed by atoms with E-state index in [0.29, 0.717) is 0 Å². The molecule has 2 aliphatic rings. The first kappa shape index (κ1) is 13.3. The standard InChI is InChI=1S/C11H23N3O2S/c15-17(16,9-10-2-1-5-13-8-10)14-11-3-6-12-7-4-11/h10-14H,1-9H2. The summed E-state index contributed by atoms with van der Waals surface area (Å²) in [5.41, 5.74) is 0. The minimum atomic E-state index is -3.10. The molecule has 1 atom stereocenters. The van der Waals surface area contributed by atoms with E-state index in [2.05, 4.69) is 15.4 Å². The van der Waals surface area contributed by atoms with E-state index in [1.165, 1.54) is 0 Å². The molecule has 0 bridgehead atoms. The number of hydrogen-bond donors (Lipinski definition) is 3. The summed E-state index contributed by atoms with van der Waals surface area (Å²) in [4.78, 5) is 0. The highest BCUT2D eigenvalue weighted by atomic mass is 32.2. The normalized spacial score (nSPS) is 28.1. The van der Waals surface area contributed by atoms with Gasteiger partial charge in [-0.15, -0.1) is 0 Å². The highest BCUT2D eigenvalue weighted by molar-refractivity contribution is 7.89. The van der Waals surface area contributed by atoms with Crippen LogP contribution in [0, 0.1) is 5.92 Å². The Labute approximate surface area is 104 Å². The minimum absolute atomic E-state index is 0.137. The van der Waals surface area contributed by atoms with Gasteiger partial charge in [0, 0.05) is 6.04 Å². The van der Waals surface area contributed by atoms with Crippen LogP contribution in [-0.4, -0.2) is 46.4 Å². The summed E-state index contributed by atoms with van der Waals surface area (Å²) in [6.45, 7) is 3.70. The Kier molecular flexibility index (Phi) is 4.78. The van der Waals surface area contributed by atoms with Crippen molar-refractivity contribution in [3.05, 3.63) is 0 Å². The van der Waals surface area contributed by atoms with Crippen LogP contribution in [0.15, 0.2) is 0 Å².